The predicted octanol–water partition coefficient (Wildman–Crippen LogP) is 0.640. The molecule has 0 aromatic carbocycles. The number of hydrogen-bond donors (Lipinski definition) is 2. The van der Waals surface area contributed by atoms with E-state index in [1.165, 1.54) is 6.21 Å². The summed E-state index contributed by atoms with van der Waals surface area (Å²) >= 11 is 4.69. The molecule has 1 heterocycles. The molecule has 0 bridgehead atoms. The Morgan fingerprint density at radius 3 is 2.47 bits per heavy atom. The van der Waals surface area contributed by atoms with Crippen LogP contribution in [0.3, 0.4) is 0 Å². The van der Waals surface area contributed by atoms with E-state index >= 15 is 0 Å². The van der Waals surface area contributed by atoms with Gasteiger partial charge in [0.1, 0.15) is 0 Å². The molecule has 1 saturated heterocycles. The summed E-state index contributed by atoms with van der Waals surface area (Å²) in [4.78, 5) is 27.0. The Hall–Kier alpha value is -1.30. The minimum Gasteiger partial charge on any atom is -0.302 e. The summed E-state index contributed by atoms with van der Waals surface area (Å²) in [7, 11) is 0. The number of amides is 2. The maximum Gasteiger partial charge on any atom is 0.244 e. The Morgan fingerprint density at radius 2 is 1.94 bits per heavy atom. The average molecular weight is 255 g/mol. The van der Waals surface area contributed by atoms with Crippen LogP contribution in [0.5, 0.6) is 0 Å². The van der Waals surface area contributed by atoms with Gasteiger partial charge in [-0.15, -0.1) is 0 Å². The van der Waals surface area contributed by atoms with Gasteiger partial charge >= 0.3 is 0 Å². The van der Waals surface area contributed by atoms with E-state index in [1.807, 2.05) is 0 Å². The van der Waals surface area contributed by atoms with Crippen molar-refractivity contribution in [2.75, 3.05) is 6.54 Å². The van der Waals surface area contributed by atoms with Gasteiger partial charge in [-0.3, -0.25) is 14.6 Å². The van der Waals surface area contributed by atoms with Crippen molar-refractivity contribution in [3.05, 3.63) is 0 Å². The summed E-state index contributed by atoms with van der Waals surface area (Å²) in [5.74, 6) is -1.04. The third-order valence-corrected chi connectivity index (χ3v) is 2.57. The fourth-order valence-corrected chi connectivity index (χ4v) is 1.64. The molecule has 0 spiro atoms. The van der Waals surface area contributed by atoms with Crippen LogP contribution < -0.4 is 10.6 Å². The van der Waals surface area contributed by atoms with Gasteiger partial charge in [0.05, 0.1) is 0 Å². The predicted molar refractivity (Wildman–Crippen MR) is 69.8 cm³/mol. The van der Waals surface area contributed by atoms with E-state index in [0.717, 1.165) is 12.8 Å². The van der Waals surface area contributed by atoms with Gasteiger partial charge in [0.2, 0.25) is 11.8 Å². The third kappa shape index (κ3) is 4.60. The summed E-state index contributed by atoms with van der Waals surface area (Å²) in [6, 6.07) is 0. The zero-order chi connectivity index (χ0) is 12.8. The van der Waals surface area contributed by atoms with Crippen LogP contribution in [0, 0.1) is 11.8 Å². The van der Waals surface area contributed by atoms with E-state index in [2.05, 4.69) is 41.7 Å². The molecule has 1 aliphatic rings. The summed E-state index contributed by atoms with van der Waals surface area (Å²) in [5.41, 5.74) is 0. The van der Waals surface area contributed by atoms with E-state index in [4.69, 9.17) is 0 Å². The smallest absolute Gasteiger partial charge is 0.244 e. The monoisotopic (exact) mass is 255 g/mol. The average Bonchev–Trinajstić information content (AvgIpc) is 2.20. The lowest BCUT2D eigenvalue weighted by Gasteiger charge is -2.19. The molecule has 6 heteroatoms. The zero-order valence-corrected chi connectivity index (χ0v) is 10.8. The maximum atomic E-state index is 11.4. The first-order chi connectivity index (χ1) is 8.00. The SMILES string of the molecule is CC(C)CCCN=CC1C(=O)NC(=S)NC1=O. The molecule has 0 unspecified atom stereocenters. The molecule has 0 radical (unpaired) electrons. The molecule has 2 N–H and O–H groups in total. The summed E-state index contributed by atoms with van der Waals surface area (Å²) in [5, 5.41) is 4.84. The van der Waals surface area contributed by atoms with E-state index in [9.17, 15) is 9.59 Å². The summed E-state index contributed by atoms with van der Waals surface area (Å²) in [6.45, 7) is 4.93. The lowest BCUT2D eigenvalue weighted by molar-refractivity contribution is -0.131. The fraction of sp³-hybridized carbons (Fsp3) is 0.636. The molecular formula is C11H17N3O2S. The number of carbonyl (C=O) groups excluding carboxylic acids is 2. The van der Waals surface area contributed by atoms with Crippen molar-refractivity contribution in [2.24, 2.45) is 16.8 Å². The third-order valence-electron chi connectivity index (χ3n) is 2.36. The van der Waals surface area contributed by atoms with Gasteiger partial charge in [-0.1, -0.05) is 13.8 Å². The van der Waals surface area contributed by atoms with Crippen LogP contribution in [0.1, 0.15) is 26.7 Å². The van der Waals surface area contributed by atoms with Gasteiger partial charge in [-0.05, 0) is 31.0 Å². The van der Waals surface area contributed by atoms with Crippen molar-refractivity contribution >= 4 is 35.4 Å². The van der Waals surface area contributed by atoms with Crippen LogP contribution in [0.25, 0.3) is 0 Å². The van der Waals surface area contributed by atoms with Gasteiger partial charge in [-0.25, -0.2) is 0 Å². The number of rotatable bonds is 5. The molecule has 0 saturated carbocycles. The Balaban J connectivity index is 2.39. The van der Waals surface area contributed by atoms with Gasteiger partial charge < -0.3 is 10.6 Å². The molecule has 0 aromatic heterocycles. The van der Waals surface area contributed by atoms with Crippen LogP contribution in [-0.2, 0) is 9.59 Å². The molecule has 5 nitrogen and oxygen atoms in total. The zero-order valence-electron chi connectivity index (χ0n) is 10.0. The van der Waals surface area contributed by atoms with E-state index in [0.29, 0.717) is 12.5 Å². The van der Waals surface area contributed by atoms with Gasteiger partial charge in [0.25, 0.3) is 0 Å². The van der Waals surface area contributed by atoms with Gasteiger partial charge in [0, 0.05) is 12.8 Å². The Bertz CT molecular complexity index is 333. The number of hydrogen-bond acceptors (Lipinski definition) is 4. The maximum absolute atomic E-state index is 11.4. The standard InChI is InChI=1S/C11H17N3O2S/c1-7(2)4-3-5-12-6-8-9(15)13-11(17)14-10(8)16/h6-8H,3-5H2,1-2H3,(H2,13,14,15,16,17). The first-order valence-electron chi connectivity index (χ1n) is 5.66. The number of carbonyl (C=O) groups is 2. The second kappa shape index (κ2) is 6.44. The molecule has 17 heavy (non-hydrogen) atoms. The molecule has 1 aliphatic heterocycles. The van der Waals surface area contributed by atoms with Crippen molar-refractivity contribution in [1.82, 2.24) is 10.6 Å². The quantitative estimate of drug-likeness (QED) is 0.328. The van der Waals surface area contributed by atoms with Crippen molar-refractivity contribution in [1.29, 1.82) is 0 Å². The van der Waals surface area contributed by atoms with E-state index in [-0.39, 0.29) is 5.11 Å². The number of aliphatic imine (C=N–C) groups is 1. The van der Waals surface area contributed by atoms with Crippen LogP contribution >= 0.6 is 12.2 Å². The van der Waals surface area contributed by atoms with Crippen molar-refractivity contribution < 1.29 is 9.59 Å². The molecule has 94 valence electrons. The first kappa shape index (κ1) is 13.8. The van der Waals surface area contributed by atoms with Crippen molar-refractivity contribution in [3.63, 3.8) is 0 Å². The van der Waals surface area contributed by atoms with Crippen LogP contribution in [0.15, 0.2) is 4.99 Å². The molecule has 0 atom stereocenters. The summed E-state index contributed by atoms with van der Waals surface area (Å²) < 4.78 is 0. The Kier molecular flexibility index (Phi) is 5.21. The highest BCUT2D eigenvalue weighted by Gasteiger charge is 2.30. The second-order valence-corrected chi connectivity index (χ2v) is 4.78. The van der Waals surface area contributed by atoms with Crippen molar-refractivity contribution in [2.45, 2.75) is 26.7 Å². The highest BCUT2D eigenvalue weighted by molar-refractivity contribution is 7.80. The molecule has 2 amide bonds. The Labute approximate surface area is 106 Å². The highest BCUT2D eigenvalue weighted by atomic mass is 32.1. The number of thiocarbonyl (C=S) groups is 1. The highest BCUT2D eigenvalue weighted by Crippen LogP contribution is 2.04. The van der Waals surface area contributed by atoms with E-state index < -0.39 is 17.7 Å². The van der Waals surface area contributed by atoms with E-state index in [1.54, 1.807) is 0 Å². The number of nitrogens with zero attached hydrogens (tertiary/aromatic N) is 1. The minimum atomic E-state index is -0.860. The molecule has 0 aliphatic carbocycles. The molecular weight excluding hydrogens is 238 g/mol. The molecule has 1 rings (SSSR count). The van der Waals surface area contributed by atoms with Crippen LogP contribution in [0.2, 0.25) is 0 Å². The normalized spacial score (nSPS) is 17.7. The van der Waals surface area contributed by atoms with Gasteiger partial charge in [-0.2, -0.15) is 0 Å². The molecule has 0 aromatic rings. The molecule has 1 fully saturated rings. The lowest BCUT2D eigenvalue weighted by atomic mass is 10.1. The topological polar surface area (TPSA) is 70.6 Å². The largest absolute Gasteiger partial charge is 0.302 e. The number of nitrogens with one attached hydrogen (secondary N) is 2. The fourth-order valence-electron chi connectivity index (χ4n) is 1.44. The lowest BCUT2D eigenvalue weighted by Crippen LogP contribution is -2.56. The Morgan fingerprint density at radius 1 is 1.35 bits per heavy atom. The van der Waals surface area contributed by atoms with Crippen LogP contribution in [-0.4, -0.2) is 29.7 Å². The van der Waals surface area contributed by atoms with Crippen LogP contribution in [0.4, 0.5) is 0 Å². The van der Waals surface area contributed by atoms with Gasteiger partial charge in [0.15, 0.2) is 11.0 Å². The minimum absolute atomic E-state index is 0.0597. The summed E-state index contributed by atoms with van der Waals surface area (Å²) in [6.07, 6.45) is 3.44. The first-order valence-corrected chi connectivity index (χ1v) is 6.07. The van der Waals surface area contributed by atoms with Crippen molar-refractivity contribution in [3.8, 4) is 0 Å². The second-order valence-electron chi connectivity index (χ2n) is 4.38.